The van der Waals surface area contributed by atoms with E-state index in [0.29, 0.717) is 31.0 Å². The van der Waals surface area contributed by atoms with Gasteiger partial charge >= 0.3 is 0 Å². The number of rotatable bonds is 6. The molecule has 2 aromatic rings. The highest BCUT2D eigenvalue weighted by atomic mass is 32.1. The van der Waals surface area contributed by atoms with Crippen LogP contribution in [-0.4, -0.2) is 21.0 Å². The minimum Gasteiger partial charge on any atom is -0.343 e. The molecule has 3 rings (SSSR count). The van der Waals surface area contributed by atoms with Crippen LogP contribution in [0.3, 0.4) is 0 Å². The number of nitrogens with zero attached hydrogens (tertiary/aromatic N) is 3. The lowest BCUT2D eigenvalue weighted by Crippen LogP contribution is -2.44. The Kier molecular flexibility index (Phi) is 4.52. The number of aryl methyl sites for hydroxylation is 2. The lowest BCUT2D eigenvalue weighted by Gasteiger charge is -2.26. The van der Waals surface area contributed by atoms with Crippen LogP contribution < -0.4 is 5.32 Å². The largest absolute Gasteiger partial charge is 0.343 e. The highest BCUT2D eigenvalue weighted by molar-refractivity contribution is 7.09. The van der Waals surface area contributed by atoms with Crippen LogP contribution in [-0.2, 0) is 23.2 Å². The van der Waals surface area contributed by atoms with Gasteiger partial charge in [0.25, 0.3) is 0 Å². The summed E-state index contributed by atoms with van der Waals surface area (Å²) in [6.45, 7) is 1.98. The number of thiazole rings is 1. The molecule has 1 fully saturated rings. The van der Waals surface area contributed by atoms with E-state index in [0.717, 1.165) is 30.7 Å². The van der Waals surface area contributed by atoms with E-state index in [1.54, 1.807) is 17.5 Å². The van der Waals surface area contributed by atoms with Gasteiger partial charge in [-0.15, -0.1) is 11.3 Å². The van der Waals surface area contributed by atoms with Gasteiger partial charge in [-0.25, -0.2) is 4.98 Å². The van der Waals surface area contributed by atoms with E-state index in [1.807, 2.05) is 12.3 Å². The Morgan fingerprint density at radius 2 is 2.27 bits per heavy atom. The smallest absolute Gasteiger partial charge is 0.226 e. The van der Waals surface area contributed by atoms with Gasteiger partial charge in [0, 0.05) is 30.8 Å². The molecule has 22 heavy (non-hydrogen) atoms. The zero-order valence-corrected chi connectivity index (χ0v) is 13.5. The third kappa shape index (κ3) is 3.19. The van der Waals surface area contributed by atoms with Gasteiger partial charge in [-0.2, -0.15) is 4.98 Å². The van der Waals surface area contributed by atoms with E-state index >= 15 is 0 Å². The first kappa shape index (κ1) is 15.1. The Bertz CT molecular complexity index is 617. The molecule has 1 N–H and O–H groups in total. The fourth-order valence-electron chi connectivity index (χ4n) is 2.90. The van der Waals surface area contributed by atoms with Crippen molar-refractivity contribution in [2.24, 2.45) is 0 Å². The highest BCUT2D eigenvalue weighted by Crippen LogP contribution is 2.37. The Morgan fingerprint density at radius 1 is 1.45 bits per heavy atom. The molecule has 7 heteroatoms. The van der Waals surface area contributed by atoms with E-state index in [-0.39, 0.29) is 5.91 Å². The molecule has 0 radical (unpaired) electrons. The summed E-state index contributed by atoms with van der Waals surface area (Å²) in [6.07, 6.45) is 7.48. The van der Waals surface area contributed by atoms with Crippen molar-refractivity contribution >= 4 is 17.2 Å². The molecule has 0 bridgehead atoms. The second-order valence-electron chi connectivity index (χ2n) is 5.63. The van der Waals surface area contributed by atoms with Crippen LogP contribution in [0, 0.1) is 0 Å². The Balaban J connectivity index is 1.67. The van der Waals surface area contributed by atoms with Crippen molar-refractivity contribution in [1.29, 1.82) is 0 Å². The quantitative estimate of drug-likeness (QED) is 0.885. The van der Waals surface area contributed by atoms with E-state index in [4.69, 9.17) is 4.52 Å². The number of carbonyl (C=O) groups excluding carboxylic acids is 1. The molecule has 1 aliphatic carbocycles. The molecule has 0 aliphatic heterocycles. The first-order valence-electron chi connectivity index (χ1n) is 7.74. The van der Waals surface area contributed by atoms with Crippen molar-refractivity contribution in [3.05, 3.63) is 28.3 Å². The summed E-state index contributed by atoms with van der Waals surface area (Å²) in [5.41, 5.74) is -0.448. The number of carbonyl (C=O) groups is 1. The fourth-order valence-corrected chi connectivity index (χ4v) is 3.52. The first-order chi connectivity index (χ1) is 10.7. The molecule has 2 aromatic heterocycles. The maximum absolute atomic E-state index is 12.3. The molecular formula is C15H20N4O2S. The highest BCUT2D eigenvalue weighted by Gasteiger charge is 2.41. The third-order valence-electron chi connectivity index (χ3n) is 4.08. The molecule has 0 atom stereocenters. The molecule has 118 valence electrons. The number of aromatic nitrogens is 3. The molecule has 1 saturated carbocycles. The lowest BCUT2D eigenvalue weighted by atomic mass is 9.96. The second kappa shape index (κ2) is 6.56. The zero-order valence-electron chi connectivity index (χ0n) is 12.7. The summed E-state index contributed by atoms with van der Waals surface area (Å²) in [6, 6.07) is 0. The zero-order chi connectivity index (χ0) is 15.4. The van der Waals surface area contributed by atoms with Crippen LogP contribution in [0.4, 0.5) is 0 Å². The summed E-state index contributed by atoms with van der Waals surface area (Å²) < 4.78 is 5.23. The van der Waals surface area contributed by atoms with Crippen molar-refractivity contribution in [2.45, 2.75) is 57.4 Å². The van der Waals surface area contributed by atoms with E-state index in [2.05, 4.69) is 20.4 Å². The van der Waals surface area contributed by atoms with Crippen LogP contribution in [0.1, 0.15) is 55.8 Å². The topological polar surface area (TPSA) is 80.9 Å². The Hall–Kier alpha value is -1.76. The fraction of sp³-hybridized carbons (Fsp3) is 0.600. The molecule has 1 aliphatic rings. The summed E-state index contributed by atoms with van der Waals surface area (Å²) in [4.78, 5) is 21.0. The Labute approximate surface area is 133 Å². The minimum atomic E-state index is -0.448. The van der Waals surface area contributed by atoms with E-state index < -0.39 is 5.54 Å². The average Bonchev–Trinajstić information content (AvgIpc) is 3.26. The van der Waals surface area contributed by atoms with Crippen molar-refractivity contribution < 1.29 is 9.32 Å². The standard InChI is InChI=1S/C15H20N4O2S/c1-2-12-17-14(19-21-12)15(7-3-4-8-15)18-11(20)5-6-13-16-9-10-22-13/h9-10H,2-8H2,1H3,(H,18,20). The monoisotopic (exact) mass is 320 g/mol. The van der Waals surface area contributed by atoms with E-state index in [9.17, 15) is 4.79 Å². The molecule has 0 spiro atoms. The molecule has 0 unspecified atom stereocenters. The number of hydrogen-bond acceptors (Lipinski definition) is 6. The number of amides is 1. The molecule has 0 saturated heterocycles. The summed E-state index contributed by atoms with van der Waals surface area (Å²) in [5, 5.41) is 10.2. The normalized spacial score (nSPS) is 16.8. The van der Waals surface area contributed by atoms with Crippen LogP contribution >= 0.6 is 11.3 Å². The van der Waals surface area contributed by atoms with Crippen LogP contribution in [0.2, 0.25) is 0 Å². The maximum atomic E-state index is 12.3. The predicted molar refractivity (Wildman–Crippen MR) is 82.4 cm³/mol. The van der Waals surface area contributed by atoms with Gasteiger partial charge in [-0.05, 0) is 12.8 Å². The number of hydrogen-bond donors (Lipinski definition) is 1. The van der Waals surface area contributed by atoms with Gasteiger partial charge in [-0.1, -0.05) is 24.9 Å². The van der Waals surface area contributed by atoms with Crippen LogP contribution in [0.5, 0.6) is 0 Å². The lowest BCUT2D eigenvalue weighted by molar-refractivity contribution is -0.123. The molecular weight excluding hydrogens is 300 g/mol. The molecule has 1 amide bonds. The van der Waals surface area contributed by atoms with Gasteiger partial charge in [0.1, 0.15) is 5.54 Å². The maximum Gasteiger partial charge on any atom is 0.226 e. The van der Waals surface area contributed by atoms with Gasteiger partial charge < -0.3 is 9.84 Å². The van der Waals surface area contributed by atoms with E-state index in [1.165, 1.54) is 0 Å². The van der Waals surface area contributed by atoms with Crippen molar-refractivity contribution in [3.63, 3.8) is 0 Å². The van der Waals surface area contributed by atoms with Crippen molar-refractivity contribution in [2.75, 3.05) is 0 Å². The van der Waals surface area contributed by atoms with Crippen molar-refractivity contribution in [3.8, 4) is 0 Å². The third-order valence-corrected chi connectivity index (χ3v) is 4.92. The number of nitrogens with one attached hydrogen (secondary N) is 1. The first-order valence-corrected chi connectivity index (χ1v) is 8.62. The minimum absolute atomic E-state index is 0.0277. The summed E-state index contributed by atoms with van der Waals surface area (Å²) in [7, 11) is 0. The second-order valence-corrected chi connectivity index (χ2v) is 6.61. The Morgan fingerprint density at radius 3 is 2.91 bits per heavy atom. The van der Waals surface area contributed by atoms with Crippen molar-refractivity contribution in [1.82, 2.24) is 20.4 Å². The van der Waals surface area contributed by atoms with Gasteiger partial charge in [0.2, 0.25) is 11.8 Å². The van der Waals surface area contributed by atoms with Crippen LogP contribution in [0.25, 0.3) is 0 Å². The summed E-state index contributed by atoms with van der Waals surface area (Å²) in [5.74, 6) is 1.28. The van der Waals surface area contributed by atoms with Crippen LogP contribution in [0.15, 0.2) is 16.1 Å². The SMILES string of the molecule is CCc1nc(C2(NC(=O)CCc3nccs3)CCCC2)no1. The van der Waals surface area contributed by atoms with Gasteiger partial charge in [0.15, 0.2) is 5.82 Å². The van der Waals surface area contributed by atoms with Gasteiger partial charge in [-0.3, -0.25) is 4.79 Å². The molecule has 2 heterocycles. The molecule has 0 aromatic carbocycles. The van der Waals surface area contributed by atoms with Gasteiger partial charge in [0.05, 0.1) is 5.01 Å². The summed E-state index contributed by atoms with van der Waals surface area (Å²) >= 11 is 1.58. The average molecular weight is 320 g/mol. The molecule has 6 nitrogen and oxygen atoms in total. The predicted octanol–water partition coefficient (Wildman–Crippen LogP) is 2.61.